The van der Waals surface area contributed by atoms with E-state index in [9.17, 15) is 4.39 Å². The molecular formula is C15H18FN3. The first-order chi connectivity index (χ1) is 9.24. The summed E-state index contributed by atoms with van der Waals surface area (Å²) in [5, 5.41) is 3.42. The maximum atomic E-state index is 13.2. The summed E-state index contributed by atoms with van der Waals surface area (Å²) in [5.74, 6) is -0.186. The first-order valence-electron chi connectivity index (χ1n) is 6.73. The molecule has 1 heterocycles. The molecule has 3 nitrogen and oxygen atoms in total. The largest absolute Gasteiger partial charge is 0.330 e. The summed E-state index contributed by atoms with van der Waals surface area (Å²) in [6, 6.07) is 7.51. The van der Waals surface area contributed by atoms with E-state index in [4.69, 9.17) is 0 Å². The van der Waals surface area contributed by atoms with Crippen molar-refractivity contribution in [2.75, 3.05) is 0 Å². The van der Waals surface area contributed by atoms with Crippen molar-refractivity contribution in [3.63, 3.8) is 0 Å². The van der Waals surface area contributed by atoms with Crippen LogP contribution >= 0.6 is 0 Å². The molecule has 19 heavy (non-hydrogen) atoms. The second kappa shape index (κ2) is 5.13. The second-order valence-electron chi connectivity index (χ2n) is 5.18. The zero-order valence-corrected chi connectivity index (χ0v) is 11.0. The molecule has 1 saturated carbocycles. The van der Waals surface area contributed by atoms with E-state index in [1.165, 1.54) is 24.6 Å². The molecule has 0 radical (unpaired) electrons. The SMILES string of the molecule is CC(NCc1cncn1C1CC1)c1cccc(F)c1. The summed E-state index contributed by atoms with van der Waals surface area (Å²) < 4.78 is 15.4. The van der Waals surface area contributed by atoms with E-state index in [0.717, 1.165) is 12.1 Å². The van der Waals surface area contributed by atoms with Crippen LogP contribution in [0.15, 0.2) is 36.8 Å². The molecule has 0 bridgehead atoms. The Morgan fingerprint density at radius 3 is 3.05 bits per heavy atom. The average molecular weight is 259 g/mol. The summed E-state index contributed by atoms with van der Waals surface area (Å²) in [6.45, 7) is 2.81. The quantitative estimate of drug-likeness (QED) is 0.893. The number of halogens is 1. The molecule has 1 aromatic carbocycles. The van der Waals surface area contributed by atoms with Crippen LogP contribution in [0.2, 0.25) is 0 Å². The Kier molecular flexibility index (Phi) is 3.34. The fraction of sp³-hybridized carbons (Fsp3) is 0.400. The second-order valence-corrected chi connectivity index (χ2v) is 5.18. The summed E-state index contributed by atoms with van der Waals surface area (Å²) in [4.78, 5) is 4.21. The van der Waals surface area contributed by atoms with Gasteiger partial charge in [-0.15, -0.1) is 0 Å². The van der Waals surface area contributed by atoms with Crippen molar-refractivity contribution in [2.45, 2.75) is 38.4 Å². The normalized spacial score (nSPS) is 16.5. The molecule has 1 N–H and O–H groups in total. The van der Waals surface area contributed by atoms with Gasteiger partial charge in [0, 0.05) is 24.8 Å². The van der Waals surface area contributed by atoms with Crippen molar-refractivity contribution >= 4 is 0 Å². The topological polar surface area (TPSA) is 29.9 Å². The van der Waals surface area contributed by atoms with Gasteiger partial charge in [0.1, 0.15) is 5.82 Å². The zero-order valence-electron chi connectivity index (χ0n) is 11.0. The van der Waals surface area contributed by atoms with E-state index in [2.05, 4.69) is 14.9 Å². The van der Waals surface area contributed by atoms with E-state index in [0.29, 0.717) is 6.04 Å². The van der Waals surface area contributed by atoms with E-state index in [1.54, 1.807) is 12.1 Å². The molecular weight excluding hydrogens is 241 g/mol. The van der Waals surface area contributed by atoms with Gasteiger partial charge >= 0.3 is 0 Å². The molecule has 1 aliphatic rings. The van der Waals surface area contributed by atoms with Gasteiger partial charge in [-0.3, -0.25) is 0 Å². The monoisotopic (exact) mass is 259 g/mol. The maximum absolute atomic E-state index is 13.2. The van der Waals surface area contributed by atoms with Gasteiger partial charge in [0.05, 0.1) is 12.0 Å². The third kappa shape index (κ3) is 2.84. The highest BCUT2D eigenvalue weighted by Crippen LogP contribution is 2.35. The Morgan fingerprint density at radius 2 is 2.32 bits per heavy atom. The van der Waals surface area contributed by atoms with E-state index in [1.807, 2.05) is 25.5 Å². The fourth-order valence-electron chi connectivity index (χ4n) is 2.30. The van der Waals surface area contributed by atoms with Crippen LogP contribution in [0.25, 0.3) is 0 Å². The molecule has 0 aliphatic heterocycles. The Morgan fingerprint density at radius 1 is 1.47 bits per heavy atom. The highest BCUT2D eigenvalue weighted by atomic mass is 19.1. The standard InChI is InChI=1S/C15H18FN3/c1-11(12-3-2-4-13(16)7-12)18-9-15-8-17-10-19(15)14-5-6-14/h2-4,7-8,10-11,14,18H,5-6,9H2,1H3. The van der Waals surface area contributed by atoms with E-state index >= 15 is 0 Å². The minimum Gasteiger partial charge on any atom is -0.330 e. The third-order valence-electron chi connectivity index (χ3n) is 3.62. The Hall–Kier alpha value is -1.68. The Labute approximate surface area is 112 Å². The number of nitrogens with one attached hydrogen (secondary N) is 1. The number of benzene rings is 1. The molecule has 1 fully saturated rings. The van der Waals surface area contributed by atoms with Crippen LogP contribution in [0.4, 0.5) is 4.39 Å². The molecule has 2 aromatic rings. The molecule has 3 rings (SSSR count). The predicted molar refractivity (Wildman–Crippen MR) is 72.2 cm³/mol. The lowest BCUT2D eigenvalue weighted by molar-refractivity contribution is 0.542. The van der Waals surface area contributed by atoms with Gasteiger partial charge in [0.15, 0.2) is 0 Å². The average Bonchev–Trinajstić information content (AvgIpc) is 3.15. The van der Waals surface area contributed by atoms with Crippen LogP contribution in [0, 0.1) is 5.82 Å². The van der Waals surface area contributed by atoms with Gasteiger partial charge in [-0.1, -0.05) is 12.1 Å². The first kappa shape index (κ1) is 12.4. The number of nitrogens with zero attached hydrogens (tertiary/aromatic N) is 2. The van der Waals surface area contributed by atoms with Crippen LogP contribution in [-0.4, -0.2) is 9.55 Å². The number of imidazole rings is 1. The number of hydrogen-bond acceptors (Lipinski definition) is 2. The van der Waals surface area contributed by atoms with Gasteiger partial charge < -0.3 is 9.88 Å². The lowest BCUT2D eigenvalue weighted by Gasteiger charge is -2.15. The molecule has 4 heteroatoms. The molecule has 0 saturated heterocycles. The van der Waals surface area contributed by atoms with Crippen molar-refractivity contribution in [3.05, 3.63) is 53.9 Å². The van der Waals surface area contributed by atoms with Crippen LogP contribution in [-0.2, 0) is 6.54 Å². The fourth-order valence-corrected chi connectivity index (χ4v) is 2.30. The van der Waals surface area contributed by atoms with Gasteiger partial charge in [-0.25, -0.2) is 9.37 Å². The van der Waals surface area contributed by atoms with Gasteiger partial charge in [0.2, 0.25) is 0 Å². The minimum atomic E-state index is -0.186. The van der Waals surface area contributed by atoms with Gasteiger partial charge in [0.25, 0.3) is 0 Å². The van der Waals surface area contributed by atoms with E-state index in [-0.39, 0.29) is 11.9 Å². The molecule has 0 amide bonds. The molecule has 1 atom stereocenters. The van der Waals surface area contributed by atoms with Crippen LogP contribution in [0.3, 0.4) is 0 Å². The smallest absolute Gasteiger partial charge is 0.123 e. The maximum Gasteiger partial charge on any atom is 0.123 e. The van der Waals surface area contributed by atoms with Crippen molar-refractivity contribution in [2.24, 2.45) is 0 Å². The molecule has 1 aromatic heterocycles. The van der Waals surface area contributed by atoms with Gasteiger partial charge in [-0.05, 0) is 37.5 Å². The van der Waals surface area contributed by atoms with Crippen molar-refractivity contribution in [3.8, 4) is 0 Å². The van der Waals surface area contributed by atoms with Crippen molar-refractivity contribution in [1.29, 1.82) is 0 Å². The highest BCUT2D eigenvalue weighted by molar-refractivity contribution is 5.19. The molecule has 100 valence electrons. The van der Waals surface area contributed by atoms with Crippen molar-refractivity contribution in [1.82, 2.24) is 14.9 Å². The Balaban J connectivity index is 1.63. The lowest BCUT2D eigenvalue weighted by atomic mass is 10.1. The van der Waals surface area contributed by atoms with Crippen LogP contribution < -0.4 is 5.32 Å². The third-order valence-corrected chi connectivity index (χ3v) is 3.62. The predicted octanol–water partition coefficient (Wildman–Crippen LogP) is 3.21. The first-order valence-corrected chi connectivity index (χ1v) is 6.73. The molecule has 1 unspecified atom stereocenters. The summed E-state index contributed by atoms with van der Waals surface area (Å²) in [6.07, 6.45) is 6.32. The number of rotatable bonds is 5. The van der Waals surface area contributed by atoms with Crippen molar-refractivity contribution < 1.29 is 4.39 Å². The number of hydrogen-bond donors (Lipinski definition) is 1. The molecule has 0 spiro atoms. The summed E-state index contributed by atoms with van der Waals surface area (Å²) in [7, 11) is 0. The Bertz CT molecular complexity index is 560. The van der Waals surface area contributed by atoms with Crippen LogP contribution in [0.5, 0.6) is 0 Å². The van der Waals surface area contributed by atoms with Gasteiger partial charge in [-0.2, -0.15) is 0 Å². The lowest BCUT2D eigenvalue weighted by Crippen LogP contribution is -2.20. The highest BCUT2D eigenvalue weighted by Gasteiger charge is 2.25. The van der Waals surface area contributed by atoms with Crippen LogP contribution in [0.1, 0.15) is 43.1 Å². The summed E-state index contributed by atoms with van der Waals surface area (Å²) in [5.41, 5.74) is 2.17. The van der Waals surface area contributed by atoms with E-state index < -0.39 is 0 Å². The summed E-state index contributed by atoms with van der Waals surface area (Å²) >= 11 is 0. The minimum absolute atomic E-state index is 0.123. The number of aromatic nitrogens is 2. The molecule has 1 aliphatic carbocycles. The zero-order chi connectivity index (χ0) is 13.2.